The Morgan fingerprint density at radius 3 is 3.00 bits per heavy atom. The van der Waals surface area contributed by atoms with E-state index in [1.54, 1.807) is 16.8 Å². The van der Waals surface area contributed by atoms with Crippen LogP contribution in [-0.2, 0) is 4.79 Å². The number of rotatable bonds is 2. The van der Waals surface area contributed by atoms with Crippen molar-refractivity contribution in [1.29, 1.82) is 0 Å². The zero-order chi connectivity index (χ0) is 19.3. The third-order valence-corrected chi connectivity index (χ3v) is 8.72. The van der Waals surface area contributed by atoms with Gasteiger partial charge in [-0.3, -0.25) is 4.79 Å². The highest BCUT2D eigenvalue weighted by Gasteiger charge is 2.57. The maximum absolute atomic E-state index is 14.5. The molecule has 1 saturated heterocycles. The molecule has 1 N–H and O–H groups in total. The Balaban J connectivity index is 1.57. The number of hydrogen-bond acceptors (Lipinski definition) is 5. The van der Waals surface area contributed by atoms with Crippen LogP contribution in [-0.4, -0.2) is 38.7 Å². The topological polar surface area (TPSA) is 44.7 Å². The molecule has 3 aliphatic heterocycles. The number of carbonyl (C=O) groups excluding carboxylic acids is 1. The van der Waals surface area contributed by atoms with E-state index < -0.39 is 16.5 Å². The molecule has 4 aliphatic rings. The highest BCUT2D eigenvalue weighted by molar-refractivity contribution is 8.15. The third-order valence-electron chi connectivity index (χ3n) is 6.03. The Kier molecular flexibility index (Phi) is 4.76. The van der Waals surface area contributed by atoms with Crippen LogP contribution < -0.4 is 5.32 Å². The minimum absolute atomic E-state index is 0.0530. The summed E-state index contributed by atoms with van der Waals surface area (Å²) < 4.78 is 28.3. The summed E-state index contributed by atoms with van der Waals surface area (Å²) in [7, 11) is 0. The zero-order valence-electron chi connectivity index (χ0n) is 15.2. The highest BCUT2D eigenvalue weighted by atomic mass is 32.2. The molecule has 4 nitrogen and oxygen atoms in total. The van der Waals surface area contributed by atoms with E-state index in [0.29, 0.717) is 10.3 Å². The van der Waals surface area contributed by atoms with Crippen LogP contribution in [0.25, 0.3) is 0 Å². The molecule has 1 spiro atoms. The molecule has 0 radical (unpaired) electrons. The second-order valence-corrected chi connectivity index (χ2v) is 10.1. The van der Waals surface area contributed by atoms with Crippen LogP contribution in [0.4, 0.5) is 8.78 Å². The molecule has 0 aromatic heterocycles. The van der Waals surface area contributed by atoms with Crippen molar-refractivity contribution in [3.63, 3.8) is 0 Å². The fraction of sp³-hybridized carbons (Fsp3) is 0.500. The van der Waals surface area contributed by atoms with Gasteiger partial charge in [-0.05, 0) is 62.3 Å². The number of nitrogens with one attached hydrogen (secondary N) is 1. The van der Waals surface area contributed by atoms with Gasteiger partial charge in [0, 0.05) is 16.7 Å². The first-order chi connectivity index (χ1) is 13.6. The predicted octanol–water partition coefficient (Wildman–Crippen LogP) is 4.08. The van der Waals surface area contributed by atoms with E-state index in [1.807, 2.05) is 0 Å². The molecule has 3 unspecified atom stereocenters. The number of carbonyl (C=O) groups is 1. The lowest BCUT2D eigenvalue weighted by Gasteiger charge is -2.45. The standard InChI is InChI=1S/C20H21F2N3OS2/c21-12-5-6-15(22)13(11-12)18-24-25(19(26)16-3-2-9-23-16)20(28-18)8-1-4-17-14(20)7-10-27-17/h5-7,10-11,14,16-17,23H,1-4,8-9H2/t14?,16-,17?,20?/m0/s1. The van der Waals surface area contributed by atoms with Crippen LogP contribution in [0.5, 0.6) is 0 Å². The van der Waals surface area contributed by atoms with Crippen molar-refractivity contribution in [2.24, 2.45) is 11.0 Å². The average molecular weight is 422 g/mol. The summed E-state index contributed by atoms with van der Waals surface area (Å²) in [5, 5.41) is 12.4. The number of hydrazone groups is 1. The Labute approximate surface area is 171 Å². The number of thioether (sulfide) groups is 2. The van der Waals surface area contributed by atoms with E-state index in [-0.39, 0.29) is 23.4 Å². The highest BCUT2D eigenvalue weighted by Crippen LogP contribution is 2.57. The van der Waals surface area contributed by atoms with Gasteiger partial charge < -0.3 is 5.32 Å². The second-order valence-electron chi connectivity index (χ2n) is 7.70. The number of hydrogen-bond donors (Lipinski definition) is 1. The number of nitrogens with zero attached hydrogens (tertiary/aromatic N) is 2. The van der Waals surface area contributed by atoms with E-state index >= 15 is 0 Å². The first kappa shape index (κ1) is 18.6. The van der Waals surface area contributed by atoms with E-state index in [1.165, 1.54) is 17.8 Å². The van der Waals surface area contributed by atoms with Crippen molar-refractivity contribution in [2.45, 2.75) is 48.3 Å². The van der Waals surface area contributed by atoms with Gasteiger partial charge in [-0.25, -0.2) is 13.8 Å². The first-order valence-electron chi connectivity index (χ1n) is 9.71. The Bertz CT molecular complexity index is 871. The fourth-order valence-electron chi connectivity index (χ4n) is 4.67. The number of benzene rings is 1. The van der Waals surface area contributed by atoms with Gasteiger partial charge in [-0.2, -0.15) is 5.10 Å². The Morgan fingerprint density at radius 1 is 1.29 bits per heavy atom. The summed E-state index contributed by atoms with van der Waals surface area (Å²) in [6, 6.07) is 3.15. The summed E-state index contributed by atoms with van der Waals surface area (Å²) in [5.41, 5.74) is 0.135. The van der Waals surface area contributed by atoms with Crippen molar-refractivity contribution < 1.29 is 13.6 Å². The van der Waals surface area contributed by atoms with E-state index in [0.717, 1.165) is 50.8 Å². The van der Waals surface area contributed by atoms with Crippen LogP contribution in [0, 0.1) is 17.6 Å². The van der Waals surface area contributed by atoms with E-state index in [9.17, 15) is 13.6 Å². The summed E-state index contributed by atoms with van der Waals surface area (Å²) in [6.07, 6.45) is 6.79. The minimum atomic E-state index is -0.557. The summed E-state index contributed by atoms with van der Waals surface area (Å²) in [4.78, 5) is 12.8. The van der Waals surface area contributed by atoms with Gasteiger partial charge in [0.1, 0.15) is 21.5 Å². The predicted molar refractivity (Wildman–Crippen MR) is 109 cm³/mol. The average Bonchev–Trinajstić information content (AvgIpc) is 3.43. The van der Waals surface area contributed by atoms with E-state index in [2.05, 4.69) is 21.9 Å². The quantitative estimate of drug-likeness (QED) is 0.782. The van der Waals surface area contributed by atoms with Crippen LogP contribution in [0.2, 0.25) is 0 Å². The molecule has 28 heavy (non-hydrogen) atoms. The second kappa shape index (κ2) is 7.15. The lowest BCUT2D eigenvalue weighted by atomic mass is 9.82. The van der Waals surface area contributed by atoms with Crippen LogP contribution in [0.3, 0.4) is 0 Å². The van der Waals surface area contributed by atoms with Gasteiger partial charge >= 0.3 is 0 Å². The summed E-state index contributed by atoms with van der Waals surface area (Å²) in [5.74, 6) is -0.921. The normalized spacial score (nSPS) is 34.1. The third kappa shape index (κ3) is 2.92. The SMILES string of the molecule is O=C([C@@H]1CCCN1)N1N=C(c2cc(F)ccc2F)SC12CCCC1SC=CC12. The maximum Gasteiger partial charge on any atom is 0.261 e. The summed E-state index contributed by atoms with van der Waals surface area (Å²) in [6.45, 7) is 0.821. The van der Waals surface area contributed by atoms with Gasteiger partial charge in [0.15, 0.2) is 0 Å². The monoisotopic (exact) mass is 421 g/mol. The van der Waals surface area contributed by atoms with Crippen molar-refractivity contribution >= 4 is 34.5 Å². The van der Waals surface area contributed by atoms with Crippen LogP contribution in [0.1, 0.15) is 37.7 Å². The smallest absolute Gasteiger partial charge is 0.261 e. The molecule has 8 heteroatoms. The van der Waals surface area contributed by atoms with Crippen LogP contribution >= 0.6 is 23.5 Å². The molecule has 1 aromatic rings. The first-order valence-corrected chi connectivity index (χ1v) is 11.5. The molecule has 2 fully saturated rings. The molecule has 1 aromatic carbocycles. The summed E-state index contributed by atoms with van der Waals surface area (Å²) >= 11 is 3.24. The molecule has 4 atom stereocenters. The van der Waals surface area contributed by atoms with Gasteiger partial charge in [0.2, 0.25) is 0 Å². The number of halogens is 2. The van der Waals surface area contributed by atoms with Gasteiger partial charge in [0.25, 0.3) is 5.91 Å². The lowest BCUT2D eigenvalue weighted by molar-refractivity contribution is -0.138. The fourth-order valence-corrected chi connectivity index (χ4v) is 7.57. The minimum Gasteiger partial charge on any atom is -0.306 e. The number of amides is 1. The van der Waals surface area contributed by atoms with Gasteiger partial charge in [-0.15, -0.1) is 11.8 Å². The van der Waals surface area contributed by atoms with Crippen molar-refractivity contribution in [3.05, 3.63) is 46.9 Å². The molecule has 1 saturated carbocycles. The molecule has 3 heterocycles. The van der Waals surface area contributed by atoms with E-state index in [4.69, 9.17) is 0 Å². The molecular weight excluding hydrogens is 400 g/mol. The molecule has 148 valence electrons. The van der Waals surface area contributed by atoms with Crippen molar-refractivity contribution in [1.82, 2.24) is 10.3 Å². The molecular formula is C20H21F2N3OS2. The zero-order valence-corrected chi connectivity index (χ0v) is 16.9. The molecule has 5 rings (SSSR count). The van der Waals surface area contributed by atoms with Crippen LogP contribution in [0.15, 0.2) is 34.8 Å². The Hall–Kier alpha value is -1.38. The number of fused-ring (bicyclic) bond motifs is 2. The van der Waals surface area contributed by atoms with Gasteiger partial charge in [-0.1, -0.05) is 17.8 Å². The van der Waals surface area contributed by atoms with Crippen molar-refractivity contribution in [2.75, 3.05) is 6.54 Å². The molecule has 0 bridgehead atoms. The van der Waals surface area contributed by atoms with Gasteiger partial charge in [0.05, 0.1) is 6.04 Å². The van der Waals surface area contributed by atoms with Crippen molar-refractivity contribution in [3.8, 4) is 0 Å². The molecule has 1 aliphatic carbocycles. The largest absolute Gasteiger partial charge is 0.306 e. The Morgan fingerprint density at radius 2 is 2.18 bits per heavy atom. The lowest BCUT2D eigenvalue weighted by Crippen LogP contribution is -2.56. The maximum atomic E-state index is 14.5. The molecule has 1 amide bonds.